The van der Waals surface area contributed by atoms with Crippen LogP contribution in [-0.4, -0.2) is 37.5 Å². The molecule has 3 aliphatic rings. The minimum absolute atomic E-state index is 0.154. The van der Waals surface area contributed by atoms with Crippen molar-refractivity contribution < 1.29 is 4.74 Å². The smallest absolute Gasteiger partial charge is 0.191 e. The number of aliphatic imine (C=N–C) groups is 1. The van der Waals surface area contributed by atoms with Crippen molar-refractivity contribution in [3.05, 3.63) is 35.9 Å². The van der Waals surface area contributed by atoms with Gasteiger partial charge in [0.2, 0.25) is 0 Å². The first-order valence-electron chi connectivity index (χ1n) is 9.26. The van der Waals surface area contributed by atoms with Crippen molar-refractivity contribution in [2.75, 3.05) is 25.4 Å². The van der Waals surface area contributed by atoms with E-state index in [1.54, 1.807) is 0 Å². The van der Waals surface area contributed by atoms with E-state index in [4.69, 9.17) is 4.74 Å². The van der Waals surface area contributed by atoms with E-state index in [0.29, 0.717) is 5.92 Å². The molecule has 4 nitrogen and oxygen atoms in total. The molecule has 1 aromatic rings. The molecule has 1 saturated carbocycles. The molecule has 1 saturated heterocycles. The fourth-order valence-corrected chi connectivity index (χ4v) is 5.71. The van der Waals surface area contributed by atoms with Crippen molar-refractivity contribution in [2.24, 2.45) is 10.9 Å². The lowest BCUT2D eigenvalue weighted by atomic mass is 9.82. The Balaban J connectivity index is 1.49. The summed E-state index contributed by atoms with van der Waals surface area (Å²) >= 11 is 2.02. The van der Waals surface area contributed by atoms with Gasteiger partial charge in [-0.05, 0) is 18.4 Å². The first-order valence-corrected chi connectivity index (χ1v) is 10.2. The Morgan fingerprint density at radius 3 is 2.79 bits per heavy atom. The number of thioether (sulfide) groups is 1. The lowest BCUT2D eigenvalue weighted by Gasteiger charge is -2.39. The Bertz CT molecular complexity index is 573. The fourth-order valence-electron chi connectivity index (χ4n) is 4.11. The summed E-state index contributed by atoms with van der Waals surface area (Å²) in [5.74, 6) is 2.61. The zero-order chi connectivity index (χ0) is 16.2. The van der Waals surface area contributed by atoms with Crippen LogP contribution in [0.15, 0.2) is 35.3 Å². The van der Waals surface area contributed by atoms with Gasteiger partial charge < -0.3 is 15.4 Å². The second-order valence-corrected chi connectivity index (χ2v) is 8.19. The fraction of sp³-hybridized carbons (Fsp3) is 0.632. The first kappa shape index (κ1) is 16.3. The van der Waals surface area contributed by atoms with E-state index in [1.807, 2.05) is 11.8 Å². The summed E-state index contributed by atoms with van der Waals surface area (Å²) in [5.41, 5.74) is 1.35. The topological polar surface area (TPSA) is 45.6 Å². The molecule has 2 aliphatic heterocycles. The van der Waals surface area contributed by atoms with Gasteiger partial charge in [-0.3, -0.25) is 4.99 Å². The number of ether oxygens (including phenoxy) is 1. The van der Waals surface area contributed by atoms with E-state index in [9.17, 15) is 0 Å². The maximum atomic E-state index is 6.75. The van der Waals surface area contributed by atoms with Crippen molar-refractivity contribution in [1.82, 2.24) is 10.6 Å². The van der Waals surface area contributed by atoms with Crippen LogP contribution in [0.3, 0.4) is 0 Å². The quantitative estimate of drug-likeness (QED) is 0.880. The highest BCUT2D eigenvalue weighted by Gasteiger charge is 2.48. The number of rotatable bonds is 4. The van der Waals surface area contributed by atoms with E-state index in [-0.39, 0.29) is 11.0 Å². The molecule has 5 heteroatoms. The molecule has 4 rings (SSSR count). The zero-order valence-corrected chi connectivity index (χ0v) is 15.0. The van der Waals surface area contributed by atoms with Crippen LogP contribution in [0.25, 0.3) is 0 Å². The third-order valence-corrected chi connectivity index (χ3v) is 6.95. The number of guanidine groups is 1. The van der Waals surface area contributed by atoms with E-state index in [1.165, 1.54) is 37.7 Å². The summed E-state index contributed by atoms with van der Waals surface area (Å²) in [7, 11) is 0. The van der Waals surface area contributed by atoms with E-state index in [2.05, 4.69) is 46.0 Å². The van der Waals surface area contributed by atoms with Gasteiger partial charge in [0.05, 0.1) is 12.6 Å². The SMILES string of the molecule is c1ccc([C@]2(C3CCCCC3)O[C@H](CNC3=NCCN3)CS2)cc1. The lowest BCUT2D eigenvalue weighted by Crippen LogP contribution is -2.41. The van der Waals surface area contributed by atoms with E-state index in [0.717, 1.165) is 31.3 Å². The molecule has 2 heterocycles. The average molecular weight is 346 g/mol. The highest BCUT2D eigenvalue weighted by molar-refractivity contribution is 8.00. The first-order chi connectivity index (χ1) is 11.9. The van der Waals surface area contributed by atoms with Gasteiger partial charge in [0.25, 0.3) is 0 Å². The Labute approximate surface area is 148 Å². The molecule has 0 amide bonds. The van der Waals surface area contributed by atoms with Crippen molar-refractivity contribution in [3.8, 4) is 0 Å². The predicted octanol–water partition coefficient (Wildman–Crippen LogP) is 3.10. The third kappa shape index (κ3) is 3.29. The highest BCUT2D eigenvalue weighted by atomic mass is 32.2. The maximum Gasteiger partial charge on any atom is 0.191 e. The molecule has 1 aliphatic carbocycles. The van der Waals surface area contributed by atoms with Crippen LogP contribution in [0, 0.1) is 5.92 Å². The van der Waals surface area contributed by atoms with Gasteiger partial charge in [0.15, 0.2) is 5.96 Å². The Morgan fingerprint density at radius 2 is 2.04 bits per heavy atom. The van der Waals surface area contributed by atoms with Crippen LogP contribution >= 0.6 is 11.8 Å². The van der Waals surface area contributed by atoms with Gasteiger partial charge >= 0.3 is 0 Å². The Hall–Kier alpha value is -1.20. The van der Waals surface area contributed by atoms with Crippen molar-refractivity contribution in [2.45, 2.75) is 43.1 Å². The third-order valence-electron chi connectivity index (χ3n) is 5.32. The largest absolute Gasteiger partial charge is 0.355 e. The normalized spacial score (nSPS) is 30.8. The summed E-state index contributed by atoms with van der Waals surface area (Å²) < 4.78 is 6.75. The van der Waals surface area contributed by atoms with Crippen LogP contribution in [0.2, 0.25) is 0 Å². The molecule has 0 unspecified atom stereocenters. The number of hydrogen-bond acceptors (Lipinski definition) is 5. The molecule has 24 heavy (non-hydrogen) atoms. The molecule has 130 valence electrons. The molecule has 2 fully saturated rings. The van der Waals surface area contributed by atoms with Crippen LogP contribution in [0.4, 0.5) is 0 Å². The minimum Gasteiger partial charge on any atom is -0.355 e. The Kier molecular flexibility index (Phi) is 4.99. The molecule has 2 atom stereocenters. The molecule has 0 spiro atoms. The van der Waals surface area contributed by atoms with Gasteiger partial charge in [-0.2, -0.15) is 0 Å². The van der Waals surface area contributed by atoms with Gasteiger partial charge in [0, 0.05) is 24.8 Å². The van der Waals surface area contributed by atoms with Crippen molar-refractivity contribution >= 4 is 17.7 Å². The van der Waals surface area contributed by atoms with Gasteiger partial charge in [-0.1, -0.05) is 49.6 Å². The molecular weight excluding hydrogens is 318 g/mol. The van der Waals surface area contributed by atoms with E-state index < -0.39 is 0 Å². The summed E-state index contributed by atoms with van der Waals surface area (Å²) in [5, 5.41) is 6.69. The highest BCUT2D eigenvalue weighted by Crippen LogP contribution is 2.54. The summed E-state index contributed by atoms with van der Waals surface area (Å²) in [4.78, 5) is 4.26. The molecule has 2 N–H and O–H groups in total. The molecule has 0 aromatic heterocycles. The monoisotopic (exact) mass is 345 g/mol. The molecule has 0 bridgehead atoms. The van der Waals surface area contributed by atoms with Crippen LogP contribution in [0.1, 0.15) is 37.7 Å². The number of nitrogens with zero attached hydrogens (tertiary/aromatic N) is 1. The van der Waals surface area contributed by atoms with Crippen LogP contribution in [0.5, 0.6) is 0 Å². The summed E-state index contributed by atoms with van der Waals surface area (Å²) in [6, 6.07) is 10.9. The number of hydrogen-bond donors (Lipinski definition) is 2. The standard InChI is InChI=1S/C19H27N3OS/c1-3-7-15(8-4-1)19(16-9-5-2-6-10-16)23-17(14-24-19)13-22-18-20-11-12-21-18/h1,3-4,7-8,16-17H,2,5-6,9-14H2,(H2,20,21,22)/t17-,19+/m1/s1. The Morgan fingerprint density at radius 1 is 1.21 bits per heavy atom. The zero-order valence-electron chi connectivity index (χ0n) is 14.2. The second kappa shape index (κ2) is 7.36. The van der Waals surface area contributed by atoms with Crippen LogP contribution < -0.4 is 10.6 Å². The van der Waals surface area contributed by atoms with Crippen molar-refractivity contribution in [1.29, 1.82) is 0 Å². The average Bonchev–Trinajstić information content (AvgIpc) is 3.32. The lowest BCUT2D eigenvalue weighted by molar-refractivity contribution is -0.0534. The molecular formula is C19H27N3OS. The minimum atomic E-state index is -0.154. The van der Waals surface area contributed by atoms with Gasteiger partial charge in [-0.15, -0.1) is 11.8 Å². The van der Waals surface area contributed by atoms with Gasteiger partial charge in [0.1, 0.15) is 4.93 Å². The second-order valence-electron chi connectivity index (χ2n) is 6.96. The maximum absolute atomic E-state index is 6.75. The predicted molar refractivity (Wildman–Crippen MR) is 100 cm³/mol. The number of benzene rings is 1. The van der Waals surface area contributed by atoms with Gasteiger partial charge in [-0.25, -0.2) is 0 Å². The number of nitrogens with one attached hydrogen (secondary N) is 2. The van der Waals surface area contributed by atoms with E-state index >= 15 is 0 Å². The van der Waals surface area contributed by atoms with Crippen LogP contribution in [-0.2, 0) is 9.67 Å². The van der Waals surface area contributed by atoms with Crippen molar-refractivity contribution in [3.63, 3.8) is 0 Å². The summed E-state index contributed by atoms with van der Waals surface area (Å²) in [6.07, 6.45) is 6.87. The molecule has 0 radical (unpaired) electrons. The molecule has 1 aromatic carbocycles. The summed E-state index contributed by atoms with van der Waals surface area (Å²) in [6.45, 7) is 2.65.